The number of aromatic nitrogens is 4. The van der Waals surface area contributed by atoms with Gasteiger partial charge >= 0.3 is 0 Å². The molecule has 7 heteroatoms. The summed E-state index contributed by atoms with van der Waals surface area (Å²) < 4.78 is 7.40. The standard InChI is InChI=1S/C13H19ClN4OS/c1-9(7-20-3)6-18-10(4-5-14)17-11-12(18)15-8-16-13(11)19-2/h8-9H,4-7H2,1-3H3. The smallest absolute Gasteiger partial charge is 0.245 e. The zero-order valence-electron chi connectivity index (χ0n) is 12.0. The second-order valence-corrected chi connectivity index (χ2v) is 5.98. The van der Waals surface area contributed by atoms with Crippen molar-refractivity contribution in [2.24, 2.45) is 5.92 Å². The first kappa shape index (κ1) is 15.4. The van der Waals surface area contributed by atoms with E-state index >= 15 is 0 Å². The van der Waals surface area contributed by atoms with Gasteiger partial charge in [-0.1, -0.05) is 6.92 Å². The quantitative estimate of drug-likeness (QED) is 0.735. The molecule has 1 unspecified atom stereocenters. The lowest BCUT2D eigenvalue weighted by Gasteiger charge is -2.13. The van der Waals surface area contributed by atoms with Crippen LogP contribution < -0.4 is 4.74 Å². The fourth-order valence-electron chi connectivity index (χ4n) is 2.23. The number of ether oxygens (including phenoxy) is 1. The van der Waals surface area contributed by atoms with Gasteiger partial charge in [0.05, 0.1) is 7.11 Å². The van der Waals surface area contributed by atoms with Gasteiger partial charge in [-0.05, 0) is 17.9 Å². The second-order valence-electron chi connectivity index (χ2n) is 4.69. The first-order chi connectivity index (χ1) is 9.71. The van der Waals surface area contributed by atoms with E-state index in [9.17, 15) is 0 Å². The Labute approximate surface area is 128 Å². The summed E-state index contributed by atoms with van der Waals surface area (Å²) in [6.07, 6.45) is 4.35. The Morgan fingerprint density at radius 2 is 2.25 bits per heavy atom. The predicted octanol–water partition coefficient (Wildman–Crippen LogP) is 2.62. The maximum absolute atomic E-state index is 5.88. The van der Waals surface area contributed by atoms with Crippen molar-refractivity contribution >= 4 is 34.5 Å². The Morgan fingerprint density at radius 1 is 1.45 bits per heavy atom. The minimum atomic E-state index is 0.516. The number of thioether (sulfide) groups is 1. The maximum Gasteiger partial charge on any atom is 0.245 e. The van der Waals surface area contributed by atoms with Crippen LogP contribution in [0.5, 0.6) is 5.88 Å². The van der Waals surface area contributed by atoms with Crippen molar-refractivity contribution in [3.8, 4) is 5.88 Å². The van der Waals surface area contributed by atoms with Gasteiger partial charge in [0.1, 0.15) is 12.2 Å². The number of hydrogen-bond donors (Lipinski definition) is 0. The summed E-state index contributed by atoms with van der Waals surface area (Å²) in [5.41, 5.74) is 1.54. The summed E-state index contributed by atoms with van der Waals surface area (Å²) in [6.45, 7) is 3.11. The zero-order valence-corrected chi connectivity index (χ0v) is 13.5. The van der Waals surface area contributed by atoms with Crippen molar-refractivity contribution in [2.45, 2.75) is 19.9 Å². The van der Waals surface area contributed by atoms with Crippen LogP contribution in [-0.4, -0.2) is 44.5 Å². The van der Waals surface area contributed by atoms with Crippen LogP contribution in [0.4, 0.5) is 0 Å². The number of nitrogens with zero attached hydrogens (tertiary/aromatic N) is 4. The highest BCUT2D eigenvalue weighted by Gasteiger charge is 2.17. The summed E-state index contributed by atoms with van der Waals surface area (Å²) in [4.78, 5) is 13.1. The van der Waals surface area contributed by atoms with Gasteiger partial charge in [0.2, 0.25) is 5.88 Å². The number of hydrogen-bond acceptors (Lipinski definition) is 5. The van der Waals surface area contributed by atoms with Crippen molar-refractivity contribution in [1.82, 2.24) is 19.5 Å². The molecular weight excluding hydrogens is 296 g/mol. The molecule has 0 saturated heterocycles. The van der Waals surface area contributed by atoms with Crippen LogP contribution in [0.1, 0.15) is 12.7 Å². The molecule has 0 fully saturated rings. The van der Waals surface area contributed by atoms with Gasteiger partial charge in [-0.2, -0.15) is 16.7 Å². The van der Waals surface area contributed by atoms with Gasteiger partial charge in [-0.25, -0.2) is 9.97 Å². The van der Waals surface area contributed by atoms with Gasteiger partial charge in [0.25, 0.3) is 0 Å². The minimum absolute atomic E-state index is 0.516. The lowest BCUT2D eigenvalue weighted by molar-refractivity contribution is 0.401. The third kappa shape index (κ3) is 3.17. The summed E-state index contributed by atoms with van der Waals surface area (Å²) >= 11 is 7.73. The highest BCUT2D eigenvalue weighted by molar-refractivity contribution is 7.98. The molecule has 0 aliphatic heterocycles. The van der Waals surface area contributed by atoms with Crippen LogP contribution in [0.15, 0.2) is 6.33 Å². The average molecular weight is 315 g/mol. The molecule has 0 aromatic carbocycles. The number of aryl methyl sites for hydroxylation is 1. The van der Waals surface area contributed by atoms with Gasteiger partial charge in [0, 0.05) is 18.8 Å². The zero-order chi connectivity index (χ0) is 14.5. The summed E-state index contributed by atoms with van der Waals surface area (Å²) in [5.74, 6) is 3.64. The lowest BCUT2D eigenvalue weighted by Crippen LogP contribution is -2.13. The number of rotatable bonds is 7. The average Bonchev–Trinajstić information content (AvgIpc) is 2.77. The third-order valence-electron chi connectivity index (χ3n) is 3.03. The Hall–Kier alpha value is -1.01. The van der Waals surface area contributed by atoms with Gasteiger partial charge in [0.15, 0.2) is 11.2 Å². The molecule has 2 heterocycles. The van der Waals surface area contributed by atoms with E-state index in [0.29, 0.717) is 29.6 Å². The van der Waals surface area contributed by atoms with Crippen LogP contribution in [-0.2, 0) is 13.0 Å². The van der Waals surface area contributed by atoms with Crippen molar-refractivity contribution < 1.29 is 4.74 Å². The molecule has 2 aromatic rings. The fourth-order valence-corrected chi connectivity index (χ4v) is 3.07. The van der Waals surface area contributed by atoms with E-state index < -0.39 is 0 Å². The number of fused-ring (bicyclic) bond motifs is 1. The Morgan fingerprint density at radius 3 is 2.90 bits per heavy atom. The molecule has 0 bridgehead atoms. The first-order valence-corrected chi connectivity index (χ1v) is 8.43. The van der Waals surface area contributed by atoms with E-state index in [1.807, 2.05) is 11.8 Å². The molecule has 1 atom stereocenters. The van der Waals surface area contributed by atoms with E-state index in [2.05, 4.69) is 32.7 Å². The SMILES string of the molecule is COc1ncnc2c1nc(CCCl)n2CC(C)CSC. The largest absolute Gasteiger partial charge is 0.479 e. The van der Waals surface area contributed by atoms with E-state index in [-0.39, 0.29) is 0 Å². The lowest BCUT2D eigenvalue weighted by atomic mass is 10.2. The van der Waals surface area contributed by atoms with E-state index in [1.165, 1.54) is 6.33 Å². The molecule has 0 saturated carbocycles. The van der Waals surface area contributed by atoms with E-state index in [4.69, 9.17) is 16.3 Å². The molecule has 2 rings (SSSR count). The van der Waals surface area contributed by atoms with Crippen molar-refractivity contribution in [3.05, 3.63) is 12.2 Å². The van der Waals surface area contributed by atoms with Crippen LogP contribution in [0.2, 0.25) is 0 Å². The van der Waals surface area contributed by atoms with Gasteiger partial charge in [-0.15, -0.1) is 11.6 Å². The van der Waals surface area contributed by atoms with Crippen LogP contribution >= 0.6 is 23.4 Å². The summed E-state index contributed by atoms with van der Waals surface area (Å²) in [6, 6.07) is 0. The molecule has 0 aliphatic rings. The molecule has 110 valence electrons. The van der Waals surface area contributed by atoms with Gasteiger partial charge in [-0.3, -0.25) is 0 Å². The number of imidazole rings is 1. The van der Waals surface area contributed by atoms with Crippen LogP contribution in [0.25, 0.3) is 11.2 Å². The first-order valence-electron chi connectivity index (χ1n) is 6.50. The molecule has 0 aliphatic carbocycles. The number of alkyl halides is 1. The molecule has 2 aromatic heterocycles. The molecule has 20 heavy (non-hydrogen) atoms. The van der Waals surface area contributed by atoms with Crippen molar-refractivity contribution in [3.63, 3.8) is 0 Å². The topological polar surface area (TPSA) is 52.8 Å². The number of methoxy groups -OCH3 is 1. The Balaban J connectivity index is 2.45. The van der Waals surface area contributed by atoms with Crippen LogP contribution in [0, 0.1) is 5.92 Å². The van der Waals surface area contributed by atoms with E-state index in [1.54, 1.807) is 7.11 Å². The molecule has 0 radical (unpaired) electrons. The van der Waals surface area contributed by atoms with Gasteiger partial charge < -0.3 is 9.30 Å². The molecular formula is C13H19ClN4OS. The Kier molecular flexibility index (Phi) is 5.48. The van der Waals surface area contributed by atoms with Crippen molar-refractivity contribution in [2.75, 3.05) is 25.0 Å². The molecule has 0 spiro atoms. The highest BCUT2D eigenvalue weighted by atomic mass is 35.5. The number of halogens is 1. The van der Waals surface area contributed by atoms with Crippen molar-refractivity contribution in [1.29, 1.82) is 0 Å². The fraction of sp³-hybridized carbons (Fsp3) is 0.615. The summed E-state index contributed by atoms with van der Waals surface area (Å²) in [7, 11) is 1.60. The van der Waals surface area contributed by atoms with Crippen LogP contribution in [0.3, 0.4) is 0 Å². The monoisotopic (exact) mass is 314 g/mol. The normalized spacial score (nSPS) is 12.8. The molecule has 0 N–H and O–H groups in total. The summed E-state index contributed by atoms with van der Waals surface area (Å²) in [5, 5.41) is 0. The van der Waals surface area contributed by atoms with E-state index in [0.717, 1.165) is 23.8 Å². The molecule has 0 amide bonds. The highest BCUT2D eigenvalue weighted by Crippen LogP contribution is 2.23. The molecule has 5 nitrogen and oxygen atoms in total. The maximum atomic E-state index is 5.88. The second kappa shape index (κ2) is 7.13. The third-order valence-corrected chi connectivity index (χ3v) is 4.13. The minimum Gasteiger partial charge on any atom is -0.479 e. The predicted molar refractivity (Wildman–Crippen MR) is 83.8 cm³/mol. The Bertz CT molecular complexity index is 575.